The zero-order valence-corrected chi connectivity index (χ0v) is 18.4. The van der Waals surface area contributed by atoms with E-state index in [1.165, 1.54) is 18.2 Å². The van der Waals surface area contributed by atoms with Gasteiger partial charge in [0.2, 0.25) is 5.91 Å². The molecule has 0 heterocycles. The zero-order valence-electron chi connectivity index (χ0n) is 18.4. The molecular formula is C24H27F3N2O5. The number of benzene rings is 2. The quantitative estimate of drug-likeness (QED) is 0.393. The number of nitrogens with one attached hydrogen (secondary N) is 2. The fourth-order valence-electron chi connectivity index (χ4n) is 3.21. The molecule has 0 aliphatic rings. The lowest BCUT2D eigenvalue weighted by molar-refractivity contribution is -0.143. The topological polar surface area (TPSA) is 105 Å². The summed E-state index contributed by atoms with van der Waals surface area (Å²) in [6.45, 7) is 0.506. The molecule has 0 aromatic heterocycles. The van der Waals surface area contributed by atoms with E-state index in [-0.39, 0.29) is 18.6 Å². The van der Waals surface area contributed by atoms with Gasteiger partial charge in [-0.3, -0.25) is 4.79 Å². The molecule has 0 aliphatic heterocycles. The first-order chi connectivity index (χ1) is 16.2. The third-order valence-corrected chi connectivity index (χ3v) is 4.94. The Hall–Kier alpha value is -3.56. The highest BCUT2D eigenvalue weighted by Gasteiger charge is 2.34. The van der Waals surface area contributed by atoms with Crippen LogP contribution in [0, 0.1) is 0 Å². The molecule has 10 heteroatoms. The minimum absolute atomic E-state index is 0.0170. The van der Waals surface area contributed by atoms with Crippen LogP contribution in [-0.2, 0) is 33.5 Å². The summed E-state index contributed by atoms with van der Waals surface area (Å²) >= 11 is 0. The molecule has 2 aromatic carbocycles. The van der Waals surface area contributed by atoms with E-state index in [2.05, 4.69) is 10.6 Å². The van der Waals surface area contributed by atoms with Crippen LogP contribution in [-0.4, -0.2) is 35.7 Å². The van der Waals surface area contributed by atoms with Crippen LogP contribution in [0.25, 0.3) is 0 Å². The van der Waals surface area contributed by atoms with Crippen molar-refractivity contribution >= 4 is 18.0 Å². The predicted molar refractivity (Wildman–Crippen MR) is 118 cm³/mol. The Bertz CT molecular complexity index is 951. The van der Waals surface area contributed by atoms with Gasteiger partial charge in [0.1, 0.15) is 12.6 Å². The Kier molecular flexibility index (Phi) is 10.4. The molecule has 7 nitrogen and oxygen atoms in total. The van der Waals surface area contributed by atoms with Crippen molar-refractivity contribution in [2.75, 3.05) is 6.54 Å². The van der Waals surface area contributed by atoms with Gasteiger partial charge in [0.15, 0.2) is 0 Å². The minimum Gasteiger partial charge on any atom is -0.480 e. The Morgan fingerprint density at radius 1 is 0.941 bits per heavy atom. The maximum Gasteiger partial charge on any atom is 0.416 e. The van der Waals surface area contributed by atoms with E-state index in [0.29, 0.717) is 25.8 Å². The molecule has 0 unspecified atom stereocenters. The van der Waals surface area contributed by atoms with Gasteiger partial charge in [0.05, 0.1) is 5.56 Å². The molecule has 34 heavy (non-hydrogen) atoms. The fraction of sp³-hybridized carbons (Fsp3) is 0.375. The summed E-state index contributed by atoms with van der Waals surface area (Å²) < 4.78 is 44.5. The second kappa shape index (κ2) is 13.2. The molecule has 2 amide bonds. The number of unbranched alkanes of at least 4 members (excludes halogenated alkanes) is 2. The van der Waals surface area contributed by atoms with Crippen LogP contribution in [0.3, 0.4) is 0 Å². The van der Waals surface area contributed by atoms with Crippen LogP contribution in [0.15, 0.2) is 54.6 Å². The van der Waals surface area contributed by atoms with E-state index in [1.54, 1.807) is 0 Å². The van der Waals surface area contributed by atoms with Gasteiger partial charge >= 0.3 is 18.2 Å². The minimum atomic E-state index is -4.62. The summed E-state index contributed by atoms with van der Waals surface area (Å²) in [6, 6.07) is 12.4. The summed E-state index contributed by atoms with van der Waals surface area (Å²) in [4.78, 5) is 35.2. The van der Waals surface area contributed by atoms with Crippen molar-refractivity contribution in [1.29, 1.82) is 0 Å². The molecule has 184 valence electrons. The number of hydrogen-bond acceptors (Lipinski definition) is 4. The molecule has 0 saturated carbocycles. The molecule has 2 aromatic rings. The standard InChI is InChI=1S/C24H27F3N2O5/c25-24(26,27)19-12-7-6-11-18(19)15-20(22(31)32)29-21(30)13-5-2-8-14-28-23(33)34-16-17-9-3-1-4-10-17/h1,3-4,6-7,9-12,20H,2,5,8,13-16H2,(H,28,33)(H,29,30)(H,31,32)/t20-/m1/s1. The number of rotatable bonds is 12. The summed E-state index contributed by atoms with van der Waals surface area (Å²) in [5, 5.41) is 14.2. The second-order valence-electron chi connectivity index (χ2n) is 7.62. The third kappa shape index (κ3) is 9.51. The summed E-state index contributed by atoms with van der Waals surface area (Å²) in [5.74, 6) is -1.98. The van der Waals surface area contributed by atoms with E-state index in [9.17, 15) is 32.7 Å². The first-order valence-corrected chi connectivity index (χ1v) is 10.8. The number of halogens is 3. The molecule has 0 spiro atoms. The van der Waals surface area contributed by atoms with Gasteiger partial charge in [-0.25, -0.2) is 9.59 Å². The van der Waals surface area contributed by atoms with E-state index in [0.717, 1.165) is 11.6 Å². The molecule has 1 atom stereocenters. The van der Waals surface area contributed by atoms with Gasteiger partial charge < -0.3 is 20.5 Å². The highest BCUT2D eigenvalue weighted by molar-refractivity contribution is 5.83. The van der Waals surface area contributed by atoms with E-state index >= 15 is 0 Å². The Labute approximate surface area is 195 Å². The maximum absolute atomic E-state index is 13.1. The largest absolute Gasteiger partial charge is 0.480 e. The lowest BCUT2D eigenvalue weighted by Gasteiger charge is -2.18. The van der Waals surface area contributed by atoms with Crippen LogP contribution < -0.4 is 10.6 Å². The van der Waals surface area contributed by atoms with E-state index in [1.807, 2.05) is 30.3 Å². The van der Waals surface area contributed by atoms with Crippen molar-refractivity contribution in [2.24, 2.45) is 0 Å². The lowest BCUT2D eigenvalue weighted by Crippen LogP contribution is -2.42. The van der Waals surface area contributed by atoms with Crippen molar-refractivity contribution < 1.29 is 37.4 Å². The number of amides is 2. The molecule has 0 saturated heterocycles. The van der Waals surface area contributed by atoms with Crippen LogP contribution in [0.1, 0.15) is 42.4 Å². The van der Waals surface area contributed by atoms with Crippen LogP contribution in [0.4, 0.5) is 18.0 Å². The van der Waals surface area contributed by atoms with Gasteiger partial charge in [0, 0.05) is 19.4 Å². The average molecular weight is 480 g/mol. The second-order valence-corrected chi connectivity index (χ2v) is 7.62. The molecule has 0 radical (unpaired) electrons. The smallest absolute Gasteiger partial charge is 0.416 e. The predicted octanol–water partition coefficient (Wildman–Crippen LogP) is 4.30. The highest BCUT2D eigenvalue weighted by Crippen LogP contribution is 2.32. The third-order valence-electron chi connectivity index (χ3n) is 4.94. The average Bonchev–Trinajstić information content (AvgIpc) is 2.79. The normalized spacial score (nSPS) is 12.0. The highest BCUT2D eigenvalue weighted by atomic mass is 19.4. The van der Waals surface area contributed by atoms with Gasteiger partial charge in [-0.1, -0.05) is 55.0 Å². The summed E-state index contributed by atoms with van der Waals surface area (Å²) in [5.41, 5.74) is -0.261. The van der Waals surface area contributed by atoms with Gasteiger partial charge in [-0.15, -0.1) is 0 Å². The monoisotopic (exact) mass is 480 g/mol. The first kappa shape index (κ1) is 26.7. The Morgan fingerprint density at radius 3 is 2.29 bits per heavy atom. The Morgan fingerprint density at radius 2 is 1.62 bits per heavy atom. The van der Waals surface area contributed by atoms with Crippen molar-refractivity contribution in [3.8, 4) is 0 Å². The number of alkyl halides is 3. The molecule has 0 aliphatic carbocycles. The van der Waals surface area contributed by atoms with Gasteiger partial charge in [-0.05, 0) is 30.0 Å². The van der Waals surface area contributed by atoms with E-state index < -0.39 is 42.2 Å². The van der Waals surface area contributed by atoms with Crippen LogP contribution >= 0.6 is 0 Å². The van der Waals surface area contributed by atoms with Crippen molar-refractivity contribution in [1.82, 2.24) is 10.6 Å². The lowest BCUT2D eigenvalue weighted by atomic mass is 9.99. The van der Waals surface area contributed by atoms with Crippen molar-refractivity contribution in [3.63, 3.8) is 0 Å². The van der Waals surface area contributed by atoms with Gasteiger partial charge in [-0.2, -0.15) is 13.2 Å². The first-order valence-electron chi connectivity index (χ1n) is 10.8. The number of carboxylic acid groups (broad SMARTS) is 1. The van der Waals surface area contributed by atoms with Crippen molar-refractivity contribution in [2.45, 2.75) is 50.9 Å². The molecule has 2 rings (SSSR count). The number of alkyl carbamates (subject to hydrolysis) is 1. The maximum atomic E-state index is 13.1. The number of carbonyl (C=O) groups is 3. The number of aliphatic carboxylic acids is 1. The van der Waals surface area contributed by atoms with Crippen molar-refractivity contribution in [3.05, 3.63) is 71.3 Å². The number of ether oxygens (including phenoxy) is 1. The molecular weight excluding hydrogens is 453 g/mol. The molecule has 0 bridgehead atoms. The summed E-state index contributed by atoms with van der Waals surface area (Å²) in [6.07, 6.45) is -4.04. The van der Waals surface area contributed by atoms with Gasteiger partial charge in [0.25, 0.3) is 0 Å². The summed E-state index contributed by atoms with van der Waals surface area (Å²) in [7, 11) is 0. The van der Waals surface area contributed by atoms with Crippen LogP contribution in [0.5, 0.6) is 0 Å². The Balaban J connectivity index is 1.67. The number of hydrogen-bond donors (Lipinski definition) is 3. The number of carbonyl (C=O) groups excluding carboxylic acids is 2. The zero-order chi connectivity index (χ0) is 25.0. The van der Waals surface area contributed by atoms with Crippen LogP contribution in [0.2, 0.25) is 0 Å². The SMILES string of the molecule is O=C(CCCCCNC(=O)OCc1ccccc1)N[C@H](Cc1ccccc1C(F)(F)F)C(=O)O. The number of carboxylic acids is 1. The van der Waals surface area contributed by atoms with E-state index in [4.69, 9.17) is 4.74 Å². The molecule has 0 fully saturated rings. The fourth-order valence-corrected chi connectivity index (χ4v) is 3.21. The molecule has 3 N–H and O–H groups in total.